The summed E-state index contributed by atoms with van der Waals surface area (Å²) in [6, 6.07) is 10.2. The number of piperazine rings is 1. The minimum atomic E-state index is -3.69. The van der Waals surface area contributed by atoms with E-state index in [1.54, 1.807) is 16.2 Å². The van der Waals surface area contributed by atoms with Crippen LogP contribution in [0.4, 0.5) is 5.13 Å². The molecule has 0 saturated carbocycles. The molecule has 0 spiro atoms. The van der Waals surface area contributed by atoms with Gasteiger partial charge in [0.2, 0.25) is 5.91 Å². The molecular weight excluding hydrogens is 442 g/mol. The molecule has 1 amide bonds. The van der Waals surface area contributed by atoms with Gasteiger partial charge in [-0.3, -0.25) is 4.79 Å². The topological polar surface area (TPSA) is 70.6 Å². The third kappa shape index (κ3) is 4.31. The Kier molecular flexibility index (Phi) is 5.74. The smallest absolute Gasteiger partial charge is 0.238 e. The highest BCUT2D eigenvalue weighted by Gasteiger charge is 2.27. The van der Waals surface area contributed by atoms with Crippen molar-refractivity contribution in [1.29, 1.82) is 0 Å². The van der Waals surface area contributed by atoms with Gasteiger partial charge in [0.05, 0.1) is 15.1 Å². The van der Waals surface area contributed by atoms with Gasteiger partial charge in [-0.2, -0.15) is 0 Å². The van der Waals surface area contributed by atoms with E-state index >= 15 is 0 Å². The van der Waals surface area contributed by atoms with Crippen molar-refractivity contribution in [3.63, 3.8) is 0 Å². The van der Waals surface area contributed by atoms with Crippen LogP contribution in [0.15, 0.2) is 41.3 Å². The molecule has 4 rings (SSSR count). The van der Waals surface area contributed by atoms with Crippen LogP contribution in [0.2, 0.25) is 5.02 Å². The molecule has 0 bridgehead atoms. The molecule has 2 heterocycles. The summed E-state index contributed by atoms with van der Waals surface area (Å²) < 4.78 is 26.2. The molecule has 9 heteroatoms. The van der Waals surface area contributed by atoms with Crippen molar-refractivity contribution in [1.82, 2.24) is 9.88 Å². The average molecular weight is 464 g/mol. The van der Waals surface area contributed by atoms with Gasteiger partial charge in [-0.25, -0.2) is 13.4 Å². The van der Waals surface area contributed by atoms with Crippen molar-refractivity contribution in [2.75, 3.05) is 36.8 Å². The molecule has 0 atom stereocenters. The van der Waals surface area contributed by atoms with Gasteiger partial charge in [0.15, 0.2) is 15.0 Å². The number of rotatable bonds is 4. The number of carbonyl (C=O) groups is 1. The summed E-state index contributed by atoms with van der Waals surface area (Å²) in [7, 11) is -3.69. The van der Waals surface area contributed by atoms with Crippen molar-refractivity contribution in [3.05, 3.63) is 52.5 Å². The molecule has 0 aliphatic carbocycles. The minimum Gasteiger partial charge on any atom is -0.345 e. The summed E-state index contributed by atoms with van der Waals surface area (Å²) in [4.78, 5) is 21.3. The van der Waals surface area contributed by atoms with E-state index in [-0.39, 0.29) is 10.8 Å². The Bertz CT molecular complexity index is 1200. The lowest BCUT2D eigenvalue weighted by Crippen LogP contribution is -2.50. The van der Waals surface area contributed by atoms with Gasteiger partial charge in [-0.05, 0) is 55.3 Å². The Morgan fingerprint density at radius 3 is 2.43 bits per heavy atom. The molecule has 158 valence electrons. The lowest BCUT2D eigenvalue weighted by molar-refractivity contribution is -0.128. The Hall–Kier alpha value is -2.16. The first-order valence-corrected chi connectivity index (χ1v) is 12.5. The number of anilines is 1. The van der Waals surface area contributed by atoms with Crippen LogP contribution in [0.25, 0.3) is 10.2 Å². The first-order valence-electron chi connectivity index (χ1n) is 9.62. The van der Waals surface area contributed by atoms with Crippen molar-refractivity contribution in [2.24, 2.45) is 0 Å². The van der Waals surface area contributed by atoms with E-state index in [9.17, 15) is 13.2 Å². The second-order valence-electron chi connectivity index (χ2n) is 7.51. The van der Waals surface area contributed by atoms with E-state index in [0.717, 1.165) is 20.9 Å². The van der Waals surface area contributed by atoms with Gasteiger partial charge in [-0.15, -0.1) is 0 Å². The summed E-state index contributed by atoms with van der Waals surface area (Å²) in [5.74, 6) is -0.908. The molecule has 6 nitrogen and oxygen atoms in total. The summed E-state index contributed by atoms with van der Waals surface area (Å²) in [6.45, 7) is 6.35. The van der Waals surface area contributed by atoms with E-state index in [1.807, 2.05) is 0 Å². The van der Waals surface area contributed by atoms with E-state index in [2.05, 4.69) is 30.9 Å². The number of nitrogens with zero attached hydrogens (tertiary/aromatic N) is 3. The lowest BCUT2D eigenvalue weighted by atomic mass is 10.1. The highest BCUT2D eigenvalue weighted by molar-refractivity contribution is 7.92. The van der Waals surface area contributed by atoms with Crippen LogP contribution in [0.1, 0.15) is 11.1 Å². The second kappa shape index (κ2) is 8.17. The molecule has 0 unspecified atom stereocenters. The van der Waals surface area contributed by atoms with Crippen LogP contribution in [-0.4, -0.2) is 56.1 Å². The van der Waals surface area contributed by atoms with Crippen LogP contribution in [0, 0.1) is 13.8 Å². The maximum absolute atomic E-state index is 12.6. The van der Waals surface area contributed by atoms with Gasteiger partial charge < -0.3 is 9.80 Å². The van der Waals surface area contributed by atoms with Crippen LogP contribution >= 0.6 is 22.9 Å². The molecule has 3 aromatic rings. The number of benzene rings is 2. The van der Waals surface area contributed by atoms with Crippen molar-refractivity contribution >= 4 is 54.0 Å². The number of fused-ring (bicyclic) bond motifs is 1. The first-order chi connectivity index (χ1) is 14.2. The van der Waals surface area contributed by atoms with Crippen LogP contribution < -0.4 is 4.90 Å². The maximum atomic E-state index is 12.6. The van der Waals surface area contributed by atoms with E-state index in [4.69, 9.17) is 16.6 Å². The predicted octanol–water partition coefficient (Wildman–Crippen LogP) is 3.69. The Labute approximate surface area is 185 Å². The van der Waals surface area contributed by atoms with Crippen LogP contribution in [0.5, 0.6) is 0 Å². The molecule has 1 aliphatic rings. The quantitative estimate of drug-likeness (QED) is 0.590. The SMILES string of the molecule is Cc1cc(C)c2nc(N3CCN(C(=O)CS(=O)(=O)c4ccc(Cl)cc4)CC3)sc2c1. The second-order valence-corrected chi connectivity index (χ2v) is 10.9. The number of hydrogen-bond donors (Lipinski definition) is 0. The minimum absolute atomic E-state index is 0.110. The molecular formula is C21H22ClN3O3S2. The zero-order valence-electron chi connectivity index (χ0n) is 16.8. The largest absolute Gasteiger partial charge is 0.345 e. The molecule has 1 fully saturated rings. The lowest BCUT2D eigenvalue weighted by Gasteiger charge is -2.34. The zero-order valence-corrected chi connectivity index (χ0v) is 19.1. The van der Waals surface area contributed by atoms with Gasteiger partial charge >= 0.3 is 0 Å². The fraction of sp³-hybridized carbons (Fsp3) is 0.333. The fourth-order valence-electron chi connectivity index (χ4n) is 3.62. The molecule has 1 aromatic heterocycles. The van der Waals surface area contributed by atoms with E-state index < -0.39 is 15.6 Å². The third-order valence-corrected chi connectivity index (χ3v) is 8.14. The standard InChI is InChI=1S/C21H22ClN3O3S2/c1-14-11-15(2)20-18(12-14)29-21(23-20)25-9-7-24(8-10-25)19(26)13-30(27,28)17-5-3-16(22)4-6-17/h3-6,11-12H,7-10,13H2,1-2H3. The molecule has 1 saturated heterocycles. The number of amides is 1. The van der Waals surface area contributed by atoms with Crippen molar-refractivity contribution < 1.29 is 13.2 Å². The summed E-state index contributed by atoms with van der Waals surface area (Å²) in [5.41, 5.74) is 3.40. The summed E-state index contributed by atoms with van der Waals surface area (Å²) in [6.07, 6.45) is 0. The fourth-order valence-corrected chi connectivity index (χ4v) is 6.16. The van der Waals surface area contributed by atoms with Gasteiger partial charge in [0, 0.05) is 31.2 Å². The molecule has 30 heavy (non-hydrogen) atoms. The normalized spacial score (nSPS) is 15.0. The first kappa shape index (κ1) is 21.1. The predicted molar refractivity (Wildman–Crippen MR) is 121 cm³/mol. The van der Waals surface area contributed by atoms with Gasteiger partial charge in [0.1, 0.15) is 5.75 Å². The van der Waals surface area contributed by atoms with Crippen molar-refractivity contribution in [3.8, 4) is 0 Å². The molecule has 0 N–H and O–H groups in total. The Balaban J connectivity index is 1.41. The Morgan fingerprint density at radius 2 is 1.77 bits per heavy atom. The number of sulfone groups is 1. The number of hydrogen-bond acceptors (Lipinski definition) is 6. The monoisotopic (exact) mass is 463 g/mol. The zero-order chi connectivity index (χ0) is 21.5. The van der Waals surface area contributed by atoms with Gasteiger partial charge in [0.25, 0.3) is 0 Å². The highest BCUT2D eigenvalue weighted by Crippen LogP contribution is 2.32. The number of halogens is 1. The Morgan fingerprint density at radius 1 is 1.10 bits per heavy atom. The van der Waals surface area contributed by atoms with Crippen LogP contribution in [0.3, 0.4) is 0 Å². The molecule has 1 aliphatic heterocycles. The summed E-state index contributed by atoms with van der Waals surface area (Å²) in [5, 5.41) is 1.40. The van der Waals surface area contributed by atoms with E-state index in [1.165, 1.54) is 29.8 Å². The molecule has 0 radical (unpaired) electrons. The van der Waals surface area contributed by atoms with Gasteiger partial charge in [-0.1, -0.05) is 29.0 Å². The average Bonchev–Trinajstić information content (AvgIpc) is 3.12. The molecule has 2 aromatic carbocycles. The number of aryl methyl sites for hydroxylation is 2. The van der Waals surface area contributed by atoms with Crippen LogP contribution in [-0.2, 0) is 14.6 Å². The number of thiazole rings is 1. The number of aromatic nitrogens is 1. The third-order valence-electron chi connectivity index (χ3n) is 5.21. The van der Waals surface area contributed by atoms with Crippen molar-refractivity contribution in [2.45, 2.75) is 18.7 Å². The van der Waals surface area contributed by atoms with E-state index in [0.29, 0.717) is 31.2 Å². The number of carbonyl (C=O) groups excluding carboxylic acids is 1. The highest BCUT2D eigenvalue weighted by atomic mass is 35.5. The maximum Gasteiger partial charge on any atom is 0.238 e. The summed E-state index contributed by atoms with van der Waals surface area (Å²) >= 11 is 7.47.